The summed E-state index contributed by atoms with van der Waals surface area (Å²) in [5, 5.41) is 0. The van der Waals surface area contributed by atoms with Crippen molar-refractivity contribution in [1.29, 1.82) is 0 Å². The molecule has 0 N–H and O–H groups in total. The lowest BCUT2D eigenvalue weighted by molar-refractivity contribution is -0.140. The Balaban J connectivity index is 1.63. The lowest BCUT2D eigenvalue weighted by Gasteiger charge is -2.12. The molecule has 0 amide bonds. The van der Waals surface area contributed by atoms with Gasteiger partial charge in [-0.25, -0.2) is 0 Å². The number of carbonyl (C=O) groups is 1. The molecule has 0 saturated carbocycles. The largest absolute Gasteiger partial charge is 0.489 e. The molecule has 0 spiro atoms. The first kappa shape index (κ1) is 18.5. The lowest BCUT2D eigenvalue weighted by Crippen LogP contribution is -2.04. The van der Waals surface area contributed by atoms with E-state index in [1.54, 1.807) is 0 Å². The van der Waals surface area contributed by atoms with Gasteiger partial charge in [-0.15, -0.1) is 0 Å². The van der Waals surface area contributed by atoms with E-state index in [1.807, 2.05) is 78.9 Å². The number of para-hydroxylation sites is 2. The second-order valence-corrected chi connectivity index (χ2v) is 6.04. The van der Waals surface area contributed by atoms with Crippen LogP contribution in [-0.2, 0) is 22.6 Å². The second kappa shape index (κ2) is 9.43. The number of ether oxygens (including phenoxy) is 3. The fraction of sp³-hybridized carbons (Fsp3) is 0.174. The number of rotatable bonds is 8. The standard InChI is InChI=1S/C23H22O4/c1-25-23(24)15-14-19-9-5-6-13-22(19)26-17-18-8-7-12-21(16-18)27-20-10-3-2-4-11-20/h2-13,16H,14-15,17H2,1H3. The third kappa shape index (κ3) is 5.61. The molecule has 0 aliphatic heterocycles. The molecule has 0 unspecified atom stereocenters. The van der Waals surface area contributed by atoms with E-state index >= 15 is 0 Å². The van der Waals surface area contributed by atoms with E-state index in [-0.39, 0.29) is 5.97 Å². The molecular formula is C23H22O4. The molecule has 4 nitrogen and oxygen atoms in total. The predicted molar refractivity (Wildman–Crippen MR) is 104 cm³/mol. The van der Waals surface area contributed by atoms with Gasteiger partial charge >= 0.3 is 5.97 Å². The second-order valence-electron chi connectivity index (χ2n) is 6.04. The Kier molecular flexibility index (Phi) is 6.47. The van der Waals surface area contributed by atoms with Crippen molar-refractivity contribution in [2.24, 2.45) is 0 Å². The Morgan fingerprint density at radius 1 is 0.852 bits per heavy atom. The van der Waals surface area contributed by atoms with Gasteiger partial charge in [0.15, 0.2) is 0 Å². The zero-order chi connectivity index (χ0) is 18.9. The number of hydrogen-bond acceptors (Lipinski definition) is 4. The maximum absolute atomic E-state index is 11.4. The first-order valence-corrected chi connectivity index (χ1v) is 8.84. The van der Waals surface area contributed by atoms with Crippen LogP contribution in [0.2, 0.25) is 0 Å². The summed E-state index contributed by atoms with van der Waals surface area (Å²) < 4.78 is 16.6. The van der Waals surface area contributed by atoms with Gasteiger partial charge in [-0.05, 0) is 47.9 Å². The summed E-state index contributed by atoms with van der Waals surface area (Å²) in [5.74, 6) is 2.11. The molecule has 3 rings (SSSR count). The minimum Gasteiger partial charge on any atom is -0.489 e. The van der Waals surface area contributed by atoms with Crippen molar-refractivity contribution in [1.82, 2.24) is 0 Å². The van der Waals surface area contributed by atoms with Gasteiger partial charge in [-0.2, -0.15) is 0 Å². The zero-order valence-corrected chi connectivity index (χ0v) is 15.3. The SMILES string of the molecule is COC(=O)CCc1ccccc1OCc1cccc(Oc2ccccc2)c1. The Labute approximate surface area is 159 Å². The van der Waals surface area contributed by atoms with Crippen molar-refractivity contribution < 1.29 is 19.0 Å². The van der Waals surface area contributed by atoms with Crippen LogP contribution in [0.15, 0.2) is 78.9 Å². The van der Waals surface area contributed by atoms with Gasteiger partial charge in [-0.3, -0.25) is 4.79 Å². The Morgan fingerprint density at radius 3 is 2.41 bits per heavy atom. The molecule has 27 heavy (non-hydrogen) atoms. The third-order valence-electron chi connectivity index (χ3n) is 4.07. The van der Waals surface area contributed by atoms with Gasteiger partial charge in [0.1, 0.15) is 23.9 Å². The fourth-order valence-corrected chi connectivity index (χ4v) is 2.67. The van der Waals surface area contributed by atoms with E-state index < -0.39 is 0 Å². The van der Waals surface area contributed by atoms with E-state index in [0.717, 1.165) is 28.4 Å². The van der Waals surface area contributed by atoms with Crippen LogP contribution in [0.4, 0.5) is 0 Å². The van der Waals surface area contributed by atoms with Crippen LogP contribution in [0.5, 0.6) is 17.2 Å². The maximum atomic E-state index is 11.4. The molecule has 0 heterocycles. The predicted octanol–water partition coefficient (Wildman–Crippen LogP) is 5.16. The first-order chi connectivity index (χ1) is 13.2. The van der Waals surface area contributed by atoms with E-state index in [2.05, 4.69) is 0 Å². The van der Waals surface area contributed by atoms with Crippen LogP contribution in [0.25, 0.3) is 0 Å². The normalized spacial score (nSPS) is 10.3. The molecule has 0 aliphatic carbocycles. The van der Waals surface area contributed by atoms with Gasteiger partial charge in [0, 0.05) is 6.42 Å². The molecule has 0 aromatic heterocycles. The number of aryl methyl sites for hydroxylation is 1. The highest BCUT2D eigenvalue weighted by Crippen LogP contribution is 2.24. The van der Waals surface area contributed by atoms with Crippen LogP contribution in [-0.4, -0.2) is 13.1 Å². The van der Waals surface area contributed by atoms with Crippen molar-refractivity contribution in [3.63, 3.8) is 0 Å². The molecule has 3 aromatic carbocycles. The Morgan fingerprint density at radius 2 is 1.59 bits per heavy atom. The van der Waals surface area contributed by atoms with Gasteiger partial charge in [-0.1, -0.05) is 48.5 Å². The molecule has 0 aliphatic rings. The number of carbonyl (C=O) groups excluding carboxylic acids is 1. The fourth-order valence-electron chi connectivity index (χ4n) is 2.67. The molecule has 3 aromatic rings. The minimum absolute atomic E-state index is 0.226. The summed E-state index contributed by atoms with van der Waals surface area (Å²) in [6.45, 7) is 0.418. The van der Waals surface area contributed by atoms with Crippen LogP contribution in [0.3, 0.4) is 0 Å². The van der Waals surface area contributed by atoms with Crippen molar-refractivity contribution in [2.75, 3.05) is 7.11 Å². The van der Waals surface area contributed by atoms with E-state index in [1.165, 1.54) is 7.11 Å². The van der Waals surface area contributed by atoms with Crippen molar-refractivity contribution in [3.8, 4) is 17.2 Å². The summed E-state index contributed by atoms with van der Waals surface area (Å²) in [7, 11) is 1.40. The highest BCUT2D eigenvalue weighted by atomic mass is 16.5. The quantitative estimate of drug-likeness (QED) is 0.519. The van der Waals surface area contributed by atoms with Crippen LogP contribution in [0.1, 0.15) is 17.5 Å². The molecule has 0 fully saturated rings. The molecule has 138 valence electrons. The number of benzene rings is 3. The van der Waals surface area contributed by atoms with Crippen LogP contribution < -0.4 is 9.47 Å². The highest BCUT2D eigenvalue weighted by molar-refractivity contribution is 5.69. The smallest absolute Gasteiger partial charge is 0.305 e. The molecule has 4 heteroatoms. The average molecular weight is 362 g/mol. The summed E-state index contributed by atoms with van der Waals surface area (Å²) in [5.41, 5.74) is 1.99. The van der Waals surface area contributed by atoms with E-state index in [0.29, 0.717) is 19.4 Å². The maximum Gasteiger partial charge on any atom is 0.305 e. The van der Waals surface area contributed by atoms with Gasteiger partial charge in [0.05, 0.1) is 7.11 Å². The molecule has 0 bridgehead atoms. The third-order valence-corrected chi connectivity index (χ3v) is 4.07. The lowest BCUT2D eigenvalue weighted by atomic mass is 10.1. The van der Waals surface area contributed by atoms with Crippen LogP contribution in [0, 0.1) is 0 Å². The van der Waals surface area contributed by atoms with Crippen molar-refractivity contribution in [3.05, 3.63) is 90.0 Å². The van der Waals surface area contributed by atoms with Crippen molar-refractivity contribution in [2.45, 2.75) is 19.4 Å². The summed E-state index contributed by atoms with van der Waals surface area (Å²) >= 11 is 0. The van der Waals surface area contributed by atoms with Crippen LogP contribution >= 0.6 is 0 Å². The summed E-state index contributed by atoms with van der Waals surface area (Å²) in [4.78, 5) is 11.4. The van der Waals surface area contributed by atoms with Gasteiger partial charge in [0.2, 0.25) is 0 Å². The summed E-state index contributed by atoms with van der Waals surface area (Å²) in [6.07, 6.45) is 0.914. The van der Waals surface area contributed by atoms with E-state index in [9.17, 15) is 4.79 Å². The van der Waals surface area contributed by atoms with E-state index in [4.69, 9.17) is 14.2 Å². The zero-order valence-electron chi connectivity index (χ0n) is 15.3. The number of esters is 1. The average Bonchev–Trinajstić information content (AvgIpc) is 2.72. The first-order valence-electron chi connectivity index (χ1n) is 8.84. The monoisotopic (exact) mass is 362 g/mol. The highest BCUT2D eigenvalue weighted by Gasteiger charge is 2.07. The molecule has 0 radical (unpaired) electrons. The van der Waals surface area contributed by atoms with Crippen molar-refractivity contribution >= 4 is 5.97 Å². The van der Waals surface area contributed by atoms with Gasteiger partial charge in [0.25, 0.3) is 0 Å². The molecule has 0 saturated heterocycles. The molecule has 0 atom stereocenters. The topological polar surface area (TPSA) is 44.8 Å². The summed E-state index contributed by atoms with van der Waals surface area (Å²) in [6, 6.07) is 25.2. The Hall–Kier alpha value is -3.27. The number of hydrogen-bond donors (Lipinski definition) is 0. The minimum atomic E-state index is -0.226. The Bertz CT molecular complexity index is 874. The van der Waals surface area contributed by atoms with Gasteiger partial charge < -0.3 is 14.2 Å². The molecular weight excluding hydrogens is 340 g/mol. The number of methoxy groups -OCH3 is 1.